The highest BCUT2D eigenvalue weighted by atomic mass is 16.6. The number of nitro groups is 1. The second-order valence-corrected chi connectivity index (χ2v) is 6.60. The fraction of sp³-hybridized carbons (Fsp3) is 0.500. The molecule has 1 aliphatic rings. The number of nitro benzene ring substituents is 1. The number of methoxy groups -OCH3 is 1. The third kappa shape index (κ3) is 8.56. The zero-order chi connectivity index (χ0) is 22.0. The molecule has 1 aromatic carbocycles. The fourth-order valence-electron chi connectivity index (χ4n) is 2.87. The first kappa shape index (κ1) is 23.8. The van der Waals surface area contributed by atoms with Crippen LogP contribution in [0.3, 0.4) is 0 Å². The molecule has 0 aromatic heterocycles. The highest BCUT2D eigenvalue weighted by Crippen LogP contribution is 2.29. The van der Waals surface area contributed by atoms with Gasteiger partial charge in [0, 0.05) is 31.6 Å². The number of piperidine rings is 1. The molecule has 11 heteroatoms. The lowest BCUT2D eigenvalue weighted by molar-refractivity contribution is -0.384. The van der Waals surface area contributed by atoms with Crippen molar-refractivity contribution in [2.75, 3.05) is 32.1 Å². The molecule has 1 saturated heterocycles. The van der Waals surface area contributed by atoms with Crippen LogP contribution in [0, 0.1) is 16.0 Å². The van der Waals surface area contributed by atoms with E-state index in [9.17, 15) is 14.9 Å². The smallest absolute Gasteiger partial charge is 0.414 e. The number of carboxylic acids is 2. The Morgan fingerprint density at radius 1 is 1.31 bits per heavy atom. The van der Waals surface area contributed by atoms with Gasteiger partial charge in [-0.1, -0.05) is 6.92 Å². The van der Waals surface area contributed by atoms with Crippen molar-refractivity contribution in [2.24, 2.45) is 5.92 Å². The van der Waals surface area contributed by atoms with Crippen molar-refractivity contribution in [3.63, 3.8) is 0 Å². The highest BCUT2D eigenvalue weighted by Gasteiger charge is 2.18. The quantitative estimate of drug-likeness (QED) is 0.360. The number of benzene rings is 1. The van der Waals surface area contributed by atoms with Gasteiger partial charge in [-0.3, -0.25) is 14.9 Å². The van der Waals surface area contributed by atoms with E-state index in [4.69, 9.17) is 24.5 Å². The first-order chi connectivity index (χ1) is 13.6. The number of likely N-dealkylation sites (tertiary alicyclic amines) is 1. The van der Waals surface area contributed by atoms with Gasteiger partial charge in [0.15, 0.2) is 0 Å². The van der Waals surface area contributed by atoms with E-state index in [0.717, 1.165) is 13.1 Å². The summed E-state index contributed by atoms with van der Waals surface area (Å²) in [6, 6.07) is 4.16. The van der Waals surface area contributed by atoms with E-state index in [1.165, 1.54) is 38.2 Å². The molecule has 1 aliphatic heterocycles. The van der Waals surface area contributed by atoms with Crippen LogP contribution in [0.5, 0.6) is 5.75 Å². The molecule has 160 valence electrons. The molecule has 1 fully saturated rings. The Morgan fingerprint density at radius 3 is 2.48 bits per heavy atom. The van der Waals surface area contributed by atoms with Gasteiger partial charge in [0.05, 0.1) is 17.7 Å². The van der Waals surface area contributed by atoms with Crippen LogP contribution in [0.2, 0.25) is 0 Å². The van der Waals surface area contributed by atoms with Crippen LogP contribution in [0.15, 0.2) is 18.2 Å². The number of rotatable bonds is 6. The van der Waals surface area contributed by atoms with Gasteiger partial charge < -0.3 is 25.2 Å². The number of amides is 1. The molecule has 1 heterocycles. The van der Waals surface area contributed by atoms with Gasteiger partial charge in [0.1, 0.15) is 5.75 Å². The number of carbonyl (C=O) groups is 3. The van der Waals surface area contributed by atoms with Crippen molar-refractivity contribution in [1.82, 2.24) is 4.90 Å². The molecule has 2 rings (SSSR count). The molecule has 1 amide bonds. The summed E-state index contributed by atoms with van der Waals surface area (Å²) >= 11 is 0. The van der Waals surface area contributed by atoms with E-state index < -0.39 is 16.9 Å². The lowest BCUT2D eigenvalue weighted by atomic mass is 10.0. The predicted molar refractivity (Wildman–Crippen MR) is 103 cm³/mol. The van der Waals surface area contributed by atoms with E-state index in [0.29, 0.717) is 30.3 Å². The Bertz CT molecular complexity index is 741. The second-order valence-electron chi connectivity index (χ2n) is 6.60. The molecular weight excluding hydrogens is 386 g/mol. The number of anilines is 1. The average molecular weight is 411 g/mol. The van der Waals surface area contributed by atoms with E-state index in [2.05, 4.69) is 17.1 Å². The summed E-state index contributed by atoms with van der Waals surface area (Å²) in [7, 11) is 1.46. The molecular formula is C18H25N3O8. The minimum Gasteiger partial charge on any atom is -0.495 e. The van der Waals surface area contributed by atoms with Gasteiger partial charge in [-0.25, -0.2) is 9.59 Å². The zero-order valence-electron chi connectivity index (χ0n) is 16.3. The SMILES string of the molecule is COc1ccc([N+](=O)[O-])cc1NC(=O)CCN1CCCC(C)C1.O=C(O)C(=O)O. The van der Waals surface area contributed by atoms with Gasteiger partial charge in [0.2, 0.25) is 5.91 Å². The van der Waals surface area contributed by atoms with Gasteiger partial charge in [0.25, 0.3) is 5.69 Å². The minimum absolute atomic E-state index is 0.0778. The summed E-state index contributed by atoms with van der Waals surface area (Å²) in [4.78, 5) is 43.0. The monoisotopic (exact) mass is 411 g/mol. The standard InChI is InChI=1S/C16H23N3O4.C2H2O4/c1-12-4-3-8-18(11-12)9-7-16(20)17-14-10-13(19(21)22)5-6-15(14)23-2;3-1(4)2(5)6/h5-6,10,12H,3-4,7-9,11H2,1-2H3,(H,17,20);(H,3,4)(H,5,6). The fourth-order valence-corrected chi connectivity index (χ4v) is 2.87. The Balaban J connectivity index is 0.000000612. The molecule has 3 N–H and O–H groups in total. The Hall–Kier alpha value is -3.21. The van der Waals surface area contributed by atoms with E-state index in [1.807, 2.05) is 0 Å². The third-order valence-corrected chi connectivity index (χ3v) is 4.25. The molecule has 1 unspecified atom stereocenters. The summed E-state index contributed by atoms with van der Waals surface area (Å²) in [6.45, 7) is 4.97. The lowest BCUT2D eigenvalue weighted by Gasteiger charge is -2.30. The van der Waals surface area contributed by atoms with Crippen LogP contribution in [0.4, 0.5) is 11.4 Å². The normalized spacial score (nSPS) is 16.1. The molecule has 0 radical (unpaired) electrons. The molecule has 29 heavy (non-hydrogen) atoms. The zero-order valence-corrected chi connectivity index (χ0v) is 16.3. The number of ether oxygens (including phenoxy) is 1. The molecule has 0 spiro atoms. The number of carboxylic acid groups (broad SMARTS) is 2. The van der Waals surface area contributed by atoms with Crippen molar-refractivity contribution in [3.8, 4) is 5.75 Å². The number of nitrogens with zero attached hydrogens (tertiary/aromatic N) is 2. The minimum atomic E-state index is -1.82. The maximum atomic E-state index is 12.1. The van der Waals surface area contributed by atoms with Crippen LogP contribution in [0.1, 0.15) is 26.2 Å². The van der Waals surface area contributed by atoms with Crippen LogP contribution in [-0.2, 0) is 14.4 Å². The molecule has 0 aliphatic carbocycles. The number of nitrogens with one attached hydrogen (secondary N) is 1. The van der Waals surface area contributed by atoms with E-state index in [-0.39, 0.29) is 11.6 Å². The van der Waals surface area contributed by atoms with Crippen molar-refractivity contribution in [3.05, 3.63) is 28.3 Å². The second kappa shape index (κ2) is 11.6. The maximum Gasteiger partial charge on any atom is 0.414 e. The van der Waals surface area contributed by atoms with E-state index in [1.54, 1.807) is 0 Å². The highest BCUT2D eigenvalue weighted by molar-refractivity contribution is 6.27. The number of non-ortho nitro benzene ring substituents is 1. The predicted octanol–water partition coefficient (Wildman–Crippen LogP) is 1.82. The van der Waals surface area contributed by atoms with Gasteiger partial charge >= 0.3 is 11.9 Å². The summed E-state index contributed by atoms with van der Waals surface area (Å²) in [6.07, 6.45) is 2.77. The summed E-state index contributed by atoms with van der Waals surface area (Å²) in [5, 5.41) is 28.3. The molecule has 1 aromatic rings. The van der Waals surface area contributed by atoms with Gasteiger partial charge in [-0.2, -0.15) is 0 Å². The lowest BCUT2D eigenvalue weighted by Crippen LogP contribution is -2.36. The number of hydrogen-bond donors (Lipinski definition) is 3. The number of aliphatic carboxylic acids is 2. The van der Waals surface area contributed by atoms with Crippen molar-refractivity contribution in [2.45, 2.75) is 26.2 Å². The molecule has 0 saturated carbocycles. The number of carbonyl (C=O) groups excluding carboxylic acids is 1. The van der Waals surface area contributed by atoms with Gasteiger partial charge in [-0.05, 0) is 31.4 Å². The number of hydrogen-bond acceptors (Lipinski definition) is 7. The topological polar surface area (TPSA) is 159 Å². The van der Waals surface area contributed by atoms with Crippen molar-refractivity contribution >= 4 is 29.2 Å². The molecule has 1 atom stereocenters. The average Bonchev–Trinajstić information content (AvgIpc) is 2.66. The van der Waals surface area contributed by atoms with Gasteiger partial charge in [-0.15, -0.1) is 0 Å². The molecule has 0 bridgehead atoms. The Kier molecular flexibility index (Phi) is 9.52. The summed E-state index contributed by atoms with van der Waals surface area (Å²) < 4.78 is 5.14. The Labute approximate surface area is 167 Å². The van der Waals surface area contributed by atoms with Crippen LogP contribution in [-0.4, -0.2) is 64.6 Å². The van der Waals surface area contributed by atoms with Crippen molar-refractivity contribution < 1.29 is 34.3 Å². The largest absolute Gasteiger partial charge is 0.495 e. The third-order valence-electron chi connectivity index (χ3n) is 4.25. The first-order valence-corrected chi connectivity index (χ1v) is 8.94. The maximum absolute atomic E-state index is 12.1. The van der Waals surface area contributed by atoms with E-state index >= 15 is 0 Å². The van der Waals surface area contributed by atoms with Crippen LogP contribution >= 0.6 is 0 Å². The van der Waals surface area contributed by atoms with Crippen LogP contribution in [0.25, 0.3) is 0 Å². The first-order valence-electron chi connectivity index (χ1n) is 8.94. The molecule has 11 nitrogen and oxygen atoms in total. The van der Waals surface area contributed by atoms with Crippen LogP contribution < -0.4 is 10.1 Å². The van der Waals surface area contributed by atoms with Crippen molar-refractivity contribution in [1.29, 1.82) is 0 Å². The summed E-state index contributed by atoms with van der Waals surface area (Å²) in [5.74, 6) is -2.73. The Morgan fingerprint density at radius 2 is 1.97 bits per heavy atom. The summed E-state index contributed by atoms with van der Waals surface area (Å²) in [5.41, 5.74) is 0.254.